The fourth-order valence-corrected chi connectivity index (χ4v) is 4.20. The Kier molecular flexibility index (Phi) is 6.66. The molecule has 2 fully saturated rings. The Bertz CT molecular complexity index is 804. The largest absolute Gasteiger partial charge is 0.497 e. The van der Waals surface area contributed by atoms with Crippen LogP contribution < -0.4 is 30.7 Å². The number of hydrogen-bond acceptors (Lipinski definition) is 8. The Morgan fingerprint density at radius 1 is 0.833 bits per heavy atom. The highest BCUT2D eigenvalue weighted by Crippen LogP contribution is 2.34. The molecule has 10 nitrogen and oxygen atoms in total. The lowest BCUT2D eigenvalue weighted by Crippen LogP contribution is -2.64. The van der Waals surface area contributed by atoms with Crippen molar-refractivity contribution >= 4 is 48.9 Å². The number of thiol groups is 2. The molecule has 2 saturated heterocycles. The number of rotatable bonds is 6. The summed E-state index contributed by atoms with van der Waals surface area (Å²) >= 11 is 8.10. The molecule has 3 rings (SSSR count). The van der Waals surface area contributed by atoms with Crippen molar-refractivity contribution in [3.05, 3.63) is 23.8 Å². The second kappa shape index (κ2) is 9.04. The molecule has 1 aromatic carbocycles. The van der Waals surface area contributed by atoms with Gasteiger partial charge in [-0.15, -0.1) is 25.3 Å². The molecule has 2 heterocycles. The van der Waals surface area contributed by atoms with Gasteiger partial charge in [0.1, 0.15) is 34.3 Å². The molecule has 162 valence electrons. The molecule has 0 radical (unpaired) electrons. The van der Waals surface area contributed by atoms with Crippen LogP contribution in [0.5, 0.6) is 11.5 Å². The van der Waals surface area contributed by atoms with Gasteiger partial charge < -0.3 is 30.7 Å². The lowest BCUT2D eigenvalue weighted by molar-refractivity contribution is -0.148. The topological polar surface area (TPSA) is 135 Å². The van der Waals surface area contributed by atoms with Crippen molar-refractivity contribution in [2.24, 2.45) is 17.8 Å². The highest BCUT2D eigenvalue weighted by atomic mass is 32.1. The third-order valence-electron chi connectivity index (χ3n) is 5.05. The van der Waals surface area contributed by atoms with Crippen LogP contribution in [0.3, 0.4) is 0 Å². The Morgan fingerprint density at radius 3 is 1.70 bits per heavy atom. The Morgan fingerprint density at radius 2 is 1.30 bits per heavy atom. The van der Waals surface area contributed by atoms with Gasteiger partial charge in [0.2, 0.25) is 23.6 Å². The van der Waals surface area contributed by atoms with Gasteiger partial charge in [-0.05, 0) is 18.1 Å². The standard InChI is InChI=1S/C18H22N4O6S2/c1-27-8-4-3-7(10(6-8)28-2)5-9(11-13(23)19-17(29)20-14(11)24)12-15(25)21-18(30)22-16(12)26/h3-4,6,9,11-12,17-18,29-30H,5H2,1-2H3,(H,19,23)(H,20,24)(H,21,25)(H,22,26). The number of methoxy groups -OCH3 is 2. The van der Waals surface area contributed by atoms with E-state index in [1.165, 1.54) is 14.2 Å². The van der Waals surface area contributed by atoms with Crippen LogP contribution in [-0.4, -0.2) is 48.8 Å². The van der Waals surface area contributed by atoms with Crippen molar-refractivity contribution in [3.63, 3.8) is 0 Å². The molecule has 0 aliphatic carbocycles. The molecule has 0 bridgehead atoms. The van der Waals surface area contributed by atoms with E-state index in [9.17, 15) is 19.2 Å². The lowest BCUT2D eigenvalue weighted by Gasteiger charge is -2.37. The maximum absolute atomic E-state index is 12.7. The summed E-state index contributed by atoms with van der Waals surface area (Å²) in [5.74, 6) is -5.08. The predicted molar refractivity (Wildman–Crippen MR) is 112 cm³/mol. The second-order valence-electron chi connectivity index (χ2n) is 6.84. The first-order valence-electron chi connectivity index (χ1n) is 9.03. The van der Waals surface area contributed by atoms with Crippen LogP contribution >= 0.6 is 25.3 Å². The maximum Gasteiger partial charge on any atom is 0.235 e. The number of ether oxygens (including phenoxy) is 2. The highest BCUT2D eigenvalue weighted by Gasteiger charge is 2.49. The molecule has 12 heteroatoms. The quantitative estimate of drug-likeness (QED) is 0.242. The van der Waals surface area contributed by atoms with Crippen molar-refractivity contribution in [1.29, 1.82) is 0 Å². The number of benzene rings is 1. The van der Waals surface area contributed by atoms with E-state index in [4.69, 9.17) is 9.47 Å². The van der Waals surface area contributed by atoms with Crippen LogP contribution in [0.2, 0.25) is 0 Å². The molecular weight excluding hydrogens is 432 g/mol. The van der Waals surface area contributed by atoms with Crippen LogP contribution in [0.4, 0.5) is 0 Å². The number of amides is 4. The van der Waals surface area contributed by atoms with Gasteiger partial charge in [-0.1, -0.05) is 6.07 Å². The van der Waals surface area contributed by atoms with E-state index >= 15 is 0 Å². The summed E-state index contributed by atoms with van der Waals surface area (Å²) < 4.78 is 10.6. The van der Waals surface area contributed by atoms with Gasteiger partial charge in [0, 0.05) is 12.0 Å². The first-order chi connectivity index (χ1) is 14.2. The number of carbonyl (C=O) groups is 4. The molecule has 0 aromatic heterocycles. The summed E-state index contributed by atoms with van der Waals surface area (Å²) in [6.45, 7) is 0. The molecule has 0 saturated carbocycles. The van der Waals surface area contributed by atoms with E-state index in [2.05, 4.69) is 46.5 Å². The van der Waals surface area contributed by atoms with Gasteiger partial charge in [-0.3, -0.25) is 19.2 Å². The van der Waals surface area contributed by atoms with Gasteiger partial charge >= 0.3 is 0 Å². The van der Waals surface area contributed by atoms with E-state index in [0.717, 1.165) is 0 Å². The molecule has 1 aromatic rings. The van der Waals surface area contributed by atoms with E-state index in [1.807, 2.05) is 0 Å². The van der Waals surface area contributed by atoms with Crippen molar-refractivity contribution in [3.8, 4) is 11.5 Å². The van der Waals surface area contributed by atoms with Crippen molar-refractivity contribution in [2.45, 2.75) is 17.4 Å². The summed E-state index contributed by atoms with van der Waals surface area (Å²) in [6, 6.07) is 5.02. The van der Waals surface area contributed by atoms with Gasteiger partial charge in [0.25, 0.3) is 0 Å². The summed E-state index contributed by atoms with van der Waals surface area (Å²) in [5.41, 5.74) is -1.10. The molecule has 0 atom stereocenters. The minimum absolute atomic E-state index is 0.0403. The van der Waals surface area contributed by atoms with Crippen LogP contribution in [0.25, 0.3) is 0 Å². The van der Waals surface area contributed by atoms with Gasteiger partial charge in [-0.25, -0.2) is 0 Å². The van der Waals surface area contributed by atoms with E-state index in [0.29, 0.717) is 17.1 Å². The number of hydrogen-bond donors (Lipinski definition) is 6. The molecular formula is C18H22N4O6S2. The number of nitrogens with one attached hydrogen (secondary N) is 4. The Labute approximate surface area is 183 Å². The molecule has 0 unspecified atom stereocenters. The van der Waals surface area contributed by atoms with Gasteiger partial charge in [0.05, 0.1) is 14.2 Å². The average Bonchev–Trinajstić information content (AvgIpc) is 2.66. The summed E-state index contributed by atoms with van der Waals surface area (Å²) in [5, 5.41) is 10.1. The molecule has 2 aliphatic rings. The third kappa shape index (κ3) is 4.43. The zero-order valence-electron chi connectivity index (χ0n) is 16.2. The van der Waals surface area contributed by atoms with Crippen molar-refractivity contribution in [2.75, 3.05) is 14.2 Å². The van der Waals surface area contributed by atoms with Gasteiger partial charge in [0.15, 0.2) is 0 Å². The monoisotopic (exact) mass is 454 g/mol. The zero-order valence-corrected chi connectivity index (χ0v) is 18.0. The normalized spacial score (nSPS) is 27.3. The summed E-state index contributed by atoms with van der Waals surface area (Å²) in [6.07, 6.45) is 0.0403. The van der Waals surface area contributed by atoms with Crippen LogP contribution in [-0.2, 0) is 25.6 Å². The molecule has 4 N–H and O–H groups in total. The zero-order chi connectivity index (χ0) is 22.0. The van der Waals surface area contributed by atoms with E-state index in [1.54, 1.807) is 18.2 Å². The van der Waals surface area contributed by atoms with Crippen LogP contribution in [0, 0.1) is 17.8 Å². The SMILES string of the molecule is COc1ccc(CC(C2C(=O)NC(S)NC2=O)C2C(=O)NC(S)NC2=O)c(OC)c1. The van der Waals surface area contributed by atoms with E-state index in [-0.39, 0.29) is 6.42 Å². The van der Waals surface area contributed by atoms with Gasteiger partial charge in [-0.2, -0.15) is 0 Å². The van der Waals surface area contributed by atoms with Crippen LogP contribution in [0.1, 0.15) is 5.56 Å². The lowest BCUT2D eigenvalue weighted by atomic mass is 9.74. The highest BCUT2D eigenvalue weighted by molar-refractivity contribution is 7.81. The minimum atomic E-state index is -1.29. The fraction of sp³-hybridized carbons (Fsp3) is 0.444. The molecule has 2 aliphatic heterocycles. The smallest absolute Gasteiger partial charge is 0.235 e. The maximum atomic E-state index is 12.7. The fourth-order valence-electron chi connectivity index (χ4n) is 3.69. The second-order valence-corrected chi connectivity index (χ2v) is 7.87. The summed E-state index contributed by atoms with van der Waals surface area (Å²) in [4.78, 5) is 50.7. The van der Waals surface area contributed by atoms with Crippen LogP contribution in [0.15, 0.2) is 18.2 Å². The predicted octanol–water partition coefficient (Wildman–Crippen LogP) is -0.986. The first-order valence-corrected chi connectivity index (χ1v) is 10.1. The number of carbonyl (C=O) groups excluding carboxylic acids is 4. The summed E-state index contributed by atoms with van der Waals surface area (Å²) in [7, 11) is 2.97. The molecule has 0 spiro atoms. The minimum Gasteiger partial charge on any atom is -0.497 e. The van der Waals surface area contributed by atoms with Crippen molar-refractivity contribution in [1.82, 2.24) is 21.3 Å². The van der Waals surface area contributed by atoms with Crippen molar-refractivity contribution < 1.29 is 28.7 Å². The first kappa shape index (κ1) is 22.1. The Hall–Kier alpha value is -2.60. The third-order valence-corrected chi connectivity index (χ3v) is 5.57. The molecule has 30 heavy (non-hydrogen) atoms. The average molecular weight is 455 g/mol. The molecule has 4 amide bonds. The Balaban J connectivity index is 2.02. The van der Waals surface area contributed by atoms with E-state index < -0.39 is 52.4 Å².